The molecule has 0 aromatic carbocycles. The molecule has 5 N–H and O–H groups in total. The summed E-state index contributed by atoms with van der Waals surface area (Å²) < 4.78 is 4.69. The third-order valence-corrected chi connectivity index (χ3v) is 1.89. The summed E-state index contributed by atoms with van der Waals surface area (Å²) in [5.41, 5.74) is 7.08. The molecule has 0 aromatic rings. The van der Waals surface area contributed by atoms with E-state index >= 15 is 0 Å². The lowest BCUT2D eigenvalue weighted by molar-refractivity contribution is -0.229. The van der Waals surface area contributed by atoms with E-state index in [-0.39, 0.29) is 0 Å². The van der Waals surface area contributed by atoms with Crippen molar-refractivity contribution < 1.29 is 25.2 Å². The van der Waals surface area contributed by atoms with Gasteiger partial charge in [0.2, 0.25) is 0 Å². The second-order valence-electron chi connectivity index (χ2n) is 2.75. The first kappa shape index (κ1) is 9.85. The highest BCUT2D eigenvalue weighted by atomic mass is 16.6. The van der Waals surface area contributed by atoms with Crippen molar-refractivity contribution in [2.24, 2.45) is 0 Å². The molecule has 1 aliphatic rings. The van der Waals surface area contributed by atoms with Crippen LogP contribution in [0.25, 0.3) is 0 Å². The fourth-order valence-corrected chi connectivity index (χ4v) is 1.10. The third kappa shape index (κ3) is 1.58. The molecular formula is C6H12NO5. The zero-order valence-electron chi connectivity index (χ0n) is 6.29. The predicted molar refractivity (Wildman–Crippen MR) is 36.9 cm³/mol. The van der Waals surface area contributed by atoms with Crippen molar-refractivity contribution in [1.82, 2.24) is 5.73 Å². The van der Waals surface area contributed by atoms with Gasteiger partial charge in [-0.1, -0.05) is 0 Å². The zero-order valence-corrected chi connectivity index (χ0v) is 6.29. The van der Waals surface area contributed by atoms with Gasteiger partial charge in [0.25, 0.3) is 0 Å². The highest BCUT2D eigenvalue weighted by molar-refractivity contribution is 4.89. The van der Waals surface area contributed by atoms with Gasteiger partial charge in [-0.3, -0.25) is 0 Å². The monoisotopic (exact) mass is 178 g/mol. The number of nitrogens with one attached hydrogen (secondary N) is 1. The normalized spacial score (nSPS) is 49.2. The van der Waals surface area contributed by atoms with Gasteiger partial charge in [-0.05, 0) is 0 Å². The van der Waals surface area contributed by atoms with E-state index in [4.69, 9.17) is 26.2 Å². The Labute approximate surface area is 69.2 Å². The van der Waals surface area contributed by atoms with Gasteiger partial charge in [0, 0.05) is 0 Å². The summed E-state index contributed by atoms with van der Waals surface area (Å²) in [6.45, 7) is -0.486. The number of aliphatic hydroxyl groups is 4. The molecular weight excluding hydrogens is 166 g/mol. The fraction of sp³-hybridized carbons (Fsp3) is 1.00. The van der Waals surface area contributed by atoms with E-state index in [0.29, 0.717) is 0 Å². The number of hydrogen-bond acceptors (Lipinski definition) is 5. The lowest BCUT2D eigenvalue weighted by atomic mass is 9.99. The van der Waals surface area contributed by atoms with Crippen LogP contribution in [-0.4, -0.2) is 57.7 Å². The van der Waals surface area contributed by atoms with Crippen LogP contribution in [0.5, 0.6) is 0 Å². The molecule has 12 heavy (non-hydrogen) atoms. The van der Waals surface area contributed by atoms with Crippen LogP contribution in [-0.2, 0) is 4.74 Å². The highest BCUT2D eigenvalue weighted by Crippen LogP contribution is 2.18. The molecule has 71 valence electrons. The molecule has 1 unspecified atom stereocenters. The second kappa shape index (κ2) is 3.65. The molecule has 1 fully saturated rings. The molecule has 1 saturated heterocycles. The van der Waals surface area contributed by atoms with Crippen molar-refractivity contribution in [2.75, 3.05) is 6.61 Å². The van der Waals surface area contributed by atoms with Crippen LogP contribution < -0.4 is 5.73 Å². The van der Waals surface area contributed by atoms with Crippen LogP contribution in [0.1, 0.15) is 0 Å². The maximum Gasteiger partial charge on any atom is 0.149 e. The van der Waals surface area contributed by atoms with Gasteiger partial charge in [0.15, 0.2) is 0 Å². The number of hydrogen-bond donors (Lipinski definition) is 4. The molecule has 5 atom stereocenters. The average Bonchev–Trinajstić information content (AvgIpc) is 2.08. The van der Waals surface area contributed by atoms with Gasteiger partial charge in [-0.15, -0.1) is 0 Å². The van der Waals surface area contributed by atoms with Gasteiger partial charge in [-0.2, -0.15) is 0 Å². The van der Waals surface area contributed by atoms with Crippen molar-refractivity contribution in [1.29, 1.82) is 0 Å². The van der Waals surface area contributed by atoms with Crippen LogP contribution in [0, 0.1) is 0 Å². The number of rotatable bonds is 1. The minimum absolute atomic E-state index is 0.486. The Hall–Kier alpha value is -0.240. The van der Waals surface area contributed by atoms with E-state index in [1.54, 1.807) is 0 Å². The molecule has 6 nitrogen and oxygen atoms in total. The Bertz CT molecular complexity index is 150. The predicted octanol–water partition coefficient (Wildman–Crippen LogP) is -2.93. The van der Waals surface area contributed by atoms with Crippen LogP contribution in [0.3, 0.4) is 0 Å². The maximum absolute atomic E-state index is 9.15. The molecule has 0 aromatic heterocycles. The summed E-state index contributed by atoms with van der Waals surface area (Å²) in [6.07, 6.45) is -6.51. The third-order valence-electron chi connectivity index (χ3n) is 1.89. The smallest absolute Gasteiger partial charge is 0.149 e. The second-order valence-corrected chi connectivity index (χ2v) is 2.75. The minimum atomic E-state index is -1.43. The summed E-state index contributed by atoms with van der Waals surface area (Å²) >= 11 is 0. The standard InChI is InChI=1S/C6H12NO5/c7-6-5(11)4(10)3(9)2(1-8)12-6/h2-11H,1H2/t2-,3-,4+,5-,6?/m1/s1. The first-order valence-corrected chi connectivity index (χ1v) is 3.59. The first-order chi connectivity index (χ1) is 5.57. The Balaban J connectivity index is 2.63. The van der Waals surface area contributed by atoms with E-state index < -0.39 is 37.3 Å². The van der Waals surface area contributed by atoms with E-state index in [2.05, 4.69) is 4.74 Å². The topological polar surface area (TPSA) is 114 Å². The average molecular weight is 178 g/mol. The van der Waals surface area contributed by atoms with Crippen LogP contribution in [0.2, 0.25) is 0 Å². The highest BCUT2D eigenvalue weighted by Gasteiger charge is 2.41. The van der Waals surface area contributed by atoms with Gasteiger partial charge in [0.1, 0.15) is 30.6 Å². The molecule has 1 rings (SSSR count). The molecule has 1 radical (unpaired) electrons. The van der Waals surface area contributed by atoms with Crippen molar-refractivity contribution in [3.05, 3.63) is 0 Å². The molecule has 6 heteroatoms. The quantitative estimate of drug-likeness (QED) is 0.343. The van der Waals surface area contributed by atoms with Crippen LogP contribution in [0.4, 0.5) is 0 Å². The van der Waals surface area contributed by atoms with E-state index in [1.807, 2.05) is 0 Å². The van der Waals surface area contributed by atoms with Crippen LogP contribution >= 0.6 is 0 Å². The van der Waals surface area contributed by atoms with E-state index in [1.165, 1.54) is 0 Å². The lowest BCUT2D eigenvalue weighted by Crippen LogP contribution is -2.58. The Kier molecular flexibility index (Phi) is 2.99. The number of aliphatic hydroxyl groups excluding tert-OH is 4. The number of ether oxygens (including phenoxy) is 1. The minimum Gasteiger partial charge on any atom is -0.394 e. The summed E-state index contributed by atoms with van der Waals surface area (Å²) in [6, 6.07) is 0. The van der Waals surface area contributed by atoms with Gasteiger partial charge < -0.3 is 25.2 Å². The fourth-order valence-electron chi connectivity index (χ4n) is 1.10. The Morgan fingerprint density at radius 1 is 1.08 bits per heavy atom. The molecule has 0 bridgehead atoms. The van der Waals surface area contributed by atoms with Crippen molar-refractivity contribution in [2.45, 2.75) is 30.6 Å². The Morgan fingerprint density at radius 3 is 2.17 bits per heavy atom. The van der Waals surface area contributed by atoms with E-state index in [9.17, 15) is 0 Å². The van der Waals surface area contributed by atoms with E-state index in [0.717, 1.165) is 0 Å². The van der Waals surface area contributed by atoms with Gasteiger partial charge in [0.05, 0.1) is 6.61 Å². The molecule has 1 heterocycles. The van der Waals surface area contributed by atoms with Crippen molar-refractivity contribution >= 4 is 0 Å². The van der Waals surface area contributed by atoms with Crippen LogP contribution in [0.15, 0.2) is 0 Å². The summed E-state index contributed by atoms with van der Waals surface area (Å²) in [7, 11) is 0. The van der Waals surface area contributed by atoms with Crippen molar-refractivity contribution in [3.8, 4) is 0 Å². The summed E-state index contributed by atoms with van der Waals surface area (Å²) in [5.74, 6) is 0. The SMILES string of the molecule is [NH]C1O[C@H](CO)[C@@H](O)[C@H](O)[C@H]1O. The largest absolute Gasteiger partial charge is 0.394 e. The van der Waals surface area contributed by atoms with Gasteiger partial charge in [-0.25, -0.2) is 5.73 Å². The maximum atomic E-state index is 9.15. The van der Waals surface area contributed by atoms with Crippen molar-refractivity contribution in [3.63, 3.8) is 0 Å². The molecule has 0 aliphatic carbocycles. The lowest BCUT2D eigenvalue weighted by Gasteiger charge is -2.37. The molecule has 1 aliphatic heterocycles. The Morgan fingerprint density at radius 2 is 1.67 bits per heavy atom. The molecule has 0 spiro atoms. The zero-order chi connectivity index (χ0) is 9.30. The molecule has 0 saturated carbocycles. The van der Waals surface area contributed by atoms with Gasteiger partial charge >= 0.3 is 0 Å². The summed E-state index contributed by atoms with van der Waals surface area (Å²) in [4.78, 5) is 0. The molecule has 0 amide bonds. The summed E-state index contributed by atoms with van der Waals surface area (Å²) in [5, 5.41) is 35.9. The first-order valence-electron chi connectivity index (χ1n) is 3.59.